The molecule has 0 atom stereocenters. The third-order valence-electron chi connectivity index (χ3n) is 6.35. The Morgan fingerprint density at radius 2 is 1.94 bits per heavy atom. The summed E-state index contributed by atoms with van der Waals surface area (Å²) in [5, 5.41) is 1.40. The van der Waals surface area contributed by atoms with E-state index in [2.05, 4.69) is 6.07 Å². The summed E-state index contributed by atoms with van der Waals surface area (Å²) in [5.74, 6) is 0.452. The molecule has 0 N–H and O–H groups in total. The first-order chi connectivity index (χ1) is 15.0. The second-order valence-electron chi connectivity index (χ2n) is 8.59. The van der Waals surface area contributed by atoms with Crippen LogP contribution in [0.2, 0.25) is 0 Å². The number of thiophene rings is 1. The Hall–Kier alpha value is -2.12. The van der Waals surface area contributed by atoms with Crippen molar-refractivity contribution in [2.45, 2.75) is 57.5 Å². The summed E-state index contributed by atoms with van der Waals surface area (Å²) in [7, 11) is 0. The highest BCUT2D eigenvalue weighted by molar-refractivity contribution is 7.99. The molecule has 5 nitrogen and oxygen atoms in total. The zero-order valence-corrected chi connectivity index (χ0v) is 19.7. The number of benzene rings is 1. The van der Waals surface area contributed by atoms with Gasteiger partial charge in [0.1, 0.15) is 4.83 Å². The van der Waals surface area contributed by atoms with Crippen LogP contribution in [0.25, 0.3) is 15.9 Å². The Balaban J connectivity index is 1.60. The van der Waals surface area contributed by atoms with Crippen LogP contribution in [-0.2, 0) is 17.6 Å². The molecule has 0 unspecified atom stereocenters. The molecule has 2 aliphatic rings. The van der Waals surface area contributed by atoms with Gasteiger partial charge in [0, 0.05) is 18.0 Å². The molecule has 0 spiro atoms. The average molecular weight is 454 g/mol. The lowest BCUT2D eigenvalue weighted by atomic mass is 10.1. The molecule has 0 saturated carbocycles. The Kier molecular flexibility index (Phi) is 5.65. The van der Waals surface area contributed by atoms with E-state index in [-0.39, 0.29) is 11.5 Å². The molecule has 1 fully saturated rings. The highest BCUT2D eigenvalue weighted by Gasteiger charge is 2.25. The molecule has 162 valence electrons. The van der Waals surface area contributed by atoms with Crippen LogP contribution in [0.5, 0.6) is 0 Å². The van der Waals surface area contributed by atoms with Gasteiger partial charge in [0.15, 0.2) is 5.16 Å². The molecule has 3 heterocycles. The topological polar surface area (TPSA) is 55.2 Å². The summed E-state index contributed by atoms with van der Waals surface area (Å²) >= 11 is 3.05. The van der Waals surface area contributed by atoms with Gasteiger partial charge in [-0.1, -0.05) is 23.9 Å². The van der Waals surface area contributed by atoms with Crippen LogP contribution in [0.15, 0.2) is 28.2 Å². The number of hydrogen-bond acceptors (Lipinski definition) is 5. The zero-order chi connectivity index (χ0) is 21.5. The lowest BCUT2D eigenvalue weighted by Crippen LogP contribution is -2.36. The summed E-state index contributed by atoms with van der Waals surface area (Å²) in [4.78, 5) is 35.6. The summed E-state index contributed by atoms with van der Waals surface area (Å²) in [6.45, 7) is 5.74. The lowest BCUT2D eigenvalue weighted by molar-refractivity contribution is -0.129. The Labute approximate surface area is 190 Å². The molecule has 7 heteroatoms. The minimum absolute atomic E-state index is 0.00558. The van der Waals surface area contributed by atoms with Crippen LogP contribution in [-0.4, -0.2) is 39.2 Å². The van der Waals surface area contributed by atoms with Gasteiger partial charge in [-0.3, -0.25) is 14.2 Å². The maximum atomic E-state index is 13.8. The van der Waals surface area contributed by atoms with Gasteiger partial charge in [0.2, 0.25) is 5.91 Å². The number of likely N-dealkylation sites (tertiary alicyclic amines) is 1. The second-order valence-corrected chi connectivity index (χ2v) is 10.6. The standard InChI is InChI=1S/C24H27N3O2S2/c1-15-9-10-16(2)18(13-15)27-23(29)21-17-7-6-8-19(17)31-22(21)25-24(27)30-14-20(28)26-11-4-3-5-12-26/h9-10,13H,3-8,11-12,14H2,1-2H3. The number of nitrogens with zero attached hydrogens (tertiary/aromatic N) is 3. The maximum absolute atomic E-state index is 13.8. The van der Waals surface area contributed by atoms with Crippen LogP contribution >= 0.6 is 23.1 Å². The molecular formula is C24H27N3O2S2. The van der Waals surface area contributed by atoms with Gasteiger partial charge in [-0.2, -0.15) is 0 Å². The fraction of sp³-hybridized carbons (Fsp3) is 0.458. The van der Waals surface area contributed by atoms with Crippen molar-refractivity contribution in [2.75, 3.05) is 18.8 Å². The molecule has 3 aromatic rings. The van der Waals surface area contributed by atoms with Crippen molar-refractivity contribution < 1.29 is 4.79 Å². The summed E-state index contributed by atoms with van der Waals surface area (Å²) in [5.41, 5.74) is 4.20. The number of thioether (sulfide) groups is 1. The Bertz CT molecular complexity index is 1220. The van der Waals surface area contributed by atoms with Crippen LogP contribution in [0.4, 0.5) is 0 Å². The van der Waals surface area contributed by atoms with Crippen molar-refractivity contribution in [3.05, 3.63) is 50.1 Å². The maximum Gasteiger partial charge on any atom is 0.267 e. The molecule has 1 aliphatic heterocycles. The first-order valence-corrected chi connectivity index (χ1v) is 12.9. The predicted molar refractivity (Wildman–Crippen MR) is 128 cm³/mol. The van der Waals surface area contributed by atoms with Gasteiger partial charge < -0.3 is 4.90 Å². The van der Waals surface area contributed by atoms with E-state index in [1.807, 2.05) is 30.9 Å². The first-order valence-electron chi connectivity index (χ1n) is 11.1. The summed E-state index contributed by atoms with van der Waals surface area (Å²) in [6, 6.07) is 6.16. The number of hydrogen-bond donors (Lipinski definition) is 0. The van der Waals surface area contributed by atoms with E-state index in [1.54, 1.807) is 15.9 Å². The van der Waals surface area contributed by atoms with Gasteiger partial charge in [-0.15, -0.1) is 11.3 Å². The molecule has 31 heavy (non-hydrogen) atoms. The van der Waals surface area contributed by atoms with Crippen molar-refractivity contribution in [1.82, 2.24) is 14.5 Å². The van der Waals surface area contributed by atoms with Gasteiger partial charge in [0.25, 0.3) is 5.56 Å². The van der Waals surface area contributed by atoms with Crippen LogP contribution in [0.1, 0.15) is 47.3 Å². The molecule has 0 radical (unpaired) electrons. The molecule has 1 aliphatic carbocycles. The van der Waals surface area contributed by atoms with Gasteiger partial charge in [-0.05, 0) is 75.1 Å². The lowest BCUT2D eigenvalue weighted by Gasteiger charge is -2.26. The number of aryl methyl sites for hydroxylation is 4. The molecular weight excluding hydrogens is 426 g/mol. The van der Waals surface area contributed by atoms with E-state index in [0.29, 0.717) is 10.9 Å². The van der Waals surface area contributed by atoms with Crippen LogP contribution in [0.3, 0.4) is 0 Å². The van der Waals surface area contributed by atoms with Crippen molar-refractivity contribution in [3.8, 4) is 5.69 Å². The van der Waals surface area contributed by atoms with Crippen molar-refractivity contribution in [3.63, 3.8) is 0 Å². The Morgan fingerprint density at radius 1 is 1.13 bits per heavy atom. The molecule has 5 rings (SSSR count). The third-order valence-corrected chi connectivity index (χ3v) is 8.46. The smallest absolute Gasteiger partial charge is 0.267 e. The number of fused-ring (bicyclic) bond motifs is 3. The van der Waals surface area contributed by atoms with Gasteiger partial charge in [-0.25, -0.2) is 4.98 Å². The van der Waals surface area contributed by atoms with E-state index in [0.717, 1.165) is 72.2 Å². The highest BCUT2D eigenvalue weighted by Crippen LogP contribution is 2.36. The second kappa shape index (κ2) is 8.43. The molecule has 1 saturated heterocycles. The summed E-state index contributed by atoms with van der Waals surface area (Å²) in [6.07, 6.45) is 6.46. The fourth-order valence-corrected chi connectivity index (χ4v) is 6.87. The van der Waals surface area contributed by atoms with E-state index < -0.39 is 0 Å². The van der Waals surface area contributed by atoms with E-state index >= 15 is 0 Å². The highest BCUT2D eigenvalue weighted by atomic mass is 32.2. The quantitative estimate of drug-likeness (QED) is 0.426. The van der Waals surface area contributed by atoms with E-state index in [9.17, 15) is 9.59 Å². The SMILES string of the molecule is Cc1ccc(C)c(-n2c(SCC(=O)N3CCCCC3)nc3sc4c(c3c2=O)CCC4)c1. The van der Waals surface area contributed by atoms with Gasteiger partial charge >= 0.3 is 0 Å². The molecule has 1 aromatic carbocycles. The number of rotatable bonds is 4. The number of carbonyl (C=O) groups is 1. The largest absolute Gasteiger partial charge is 0.342 e. The minimum Gasteiger partial charge on any atom is -0.342 e. The normalized spacial score (nSPS) is 16.1. The molecule has 0 bridgehead atoms. The van der Waals surface area contributed by atoms with E-state index in [4.69, 9.17) is 4.98 Å². The third kappa shape index (κ3) is 3.82. The predicted octanol–water partition coefficient (Wildman–Crippen LogP) is 4.66. The van der Waals surface area contributed by atoms with Gasteiger partial charge in [0.05, 0.1) is 16.8 Å². The zero-order valence-electron chi connectivity index (χ0n) is 18.1. The van der Waals surface area contributed by atoms with Crippen LogP contribution < -0.4 is 5.56 Å². The summed E-state index contributed by atoms with van der Waals surface area (Å²) < 4.78 is 1.75. The minimum atomic E-state index is 0.00558. The average Bonchev–Trinajstić information content (AvgIpc) is 3.35. The number of carbonyl (C=O) groups excluding carboxylic acids is 1. The van der Waals surface area contributed by atoms with E-state index in [1.165, 1.54) is 28.6 Å². The van der Waals surface area contributed by atoms with Crippen LogP contribution in [0, 0.1) is 13.8 Å². The number of aromatic nitrogens is 2. The fourth-order valence-electron chi connectivity index (χ4n) is 4.66. The van der Waals surface area contributed by atoms with Crippen molar-refractivity contribution in [2.24, 2.45) is 0 Å². The Morgan fingerprint density at radius 3 is 2.74 bits per heavy atom. The number of amides is 1. The van der Waals surface area contributed by atoms with Crippen molar-refractivity contribution in [1.29, 1.82) is 0 Å². The monoisotopic (exact) mass is 453 g/mol. The first kappa shape index (κ1) is 20.8. The molecule has 2 aromatic heterocycles. The van der Waals surface area contributed by atoms with Crippen molar-refractivity contribution >= 4 is 39.2 Å². The number of piperidine rings is 1. The molecule has 1 amide bonds.